The van der Waals surface area contributed by atoms with Gasteiger partial charge in [-0.15, -0.1) is 0 Å². The molecule has 1 unspecified atom stereocenters. The summed E-state index contributed by atoms with van der Waals surface area (Å²) in [5, 5.41) is 13.2. The fourth-order valence-electron chi connectivity index (χ4n) is 1.83. The molecule has 0 spiro atoms. The van der Waals surface area contributed by atoms with Crippen molar-refractivity contribution >= 4 is 11.6 Å². The van der Waals surface area contributed by atoms with Crippen molar-refractivity contribution in [3.05, 3.63) is 28.3 Å². The van der Waals surface area contributed by atoms with Crippen LogP contribution in [0.25, 0.3) is 0 Å². The number of ether oxygens (including phenoxy) is 1. The number of likely N-dealkylation sites (N-methyl/N-ethyl adjacent to an activating group) is 1. The van der Waals surface area contributed by atoms with E-state index in [1.807, 2.05) is 32.9 Å². The van der Waals surface area contributed by atoms with Crippen molar-refractivity contribution < 1.29 is 9.84 Å². The summed E-state index contributed by atoms with van der Waals surface area (Å²) in [7, 11) is 0. The second kappa shape index (κ2) is 6.84. The molecule has 0 aliphatic carbocycles. The largest absolute Gasteiger partial charge is 0.492 e. The number of benzene rings is 1. The zero-order valence-corrected chi connectivity index (χ0v) is 11.3. The van der Waals surface area contributed by atoms with Gasteiger partial charge in [-0.05, 0) is 43.7 Å². The molecular formula is C13H20ClNO2. The van der Waals surface area contributed by atoms with Gasteiger partial charge in [0.2, 0.25) is 0 Å². The van der Waals surface area contributed by atoms with E-state index in [1.165, 1.54) is 0 Å². The average Bonchev–Trinajstić information content (AvgIpc) is 2.31. The van der Waals surface area contributed by atoms with Gasteiger partial charge in [-0.3, -0.25) is 0 Å². The van der Waals surface area contributed by atoms with Crippen LogP contribution in [0.5, 0.6) is 5.75 Å². The molecule has 0 aliphatic rings. The summed E-state index contributed by atoms with van der Waals surface area (Å²) in [5.74, 6) is 0.698. The first-order valence-electron chi connectivity index (χ1n) is 5.91. The summed E-state index contributed by atoms with van der Waals surface area (Å²) >= 11 is 6.15. The highest BCUT2D eigenvalue weighted by atomic mass is 35.5. The first-order chi connectivity index (χ1) is 8.13. The van der Waals surface area contributed by atoms with E-state index in [0.29, 0.717) is 17.4 Å². The van der Waals surface area contributed by atoms with Crippen molar-refractivity contribution in [1.82, 2.24) is 5.32 Å². The van der Waals surface area contributed by atoms with Crippen molar-refractivity contribution in [2.24, 2.45) is 0 Å². The van der Waals surface area contributed by atoms with Gasteiger partial charge in [0.25, 0.3) is 0 Å². The minimum Gasteiger partial charge on any atom is -0.492 e. The van der Waals surface area contributed by atoms with Crippen LogP contribution in [0.4, 0.5) is 0 Å². The smallest absolute Gasteiger partial charge is 0.138 e. The van der Waals surface area contributed by atoms with Crippen molar-refractivity contribution in [1.29, 1.82) is 0 Å². The Hall–Kier alpha value is -0.770. The fraction of sp³-hybridized carbons (Fsp3) is 0.538. The molecular weight excluding hydrogens is 238 g/mol. The summed E-state index contributed by atoms with van der Waals surface area (Å²) in [4.78, 5) is 0. The van der Waals surface area contributed by atoms with Gasteiger partial charge < -0.3 is 15.2 Å². The Morgan fingerprint density at radius 1 is 1.41 bits per heavy atom. The molecule has 3 nitrogen and oxygen atoms in total. The first-order valence-corrected chi connectivity index (χ1v) is 6.28. The van der Waals surface area contributed by atoms with Gasteiger partial charge in [0, 0.05) is 0 Å². The Kier molecular flexibility index (Phi) is 5.75. The molecule has 1 aromatic carbocycles. The van der Waals surface area contributed by atoms with Crippen LogP contribution in [-0.4, -0.2) is 24.9 Å². The fourth-order valence-corrected chi connectivity index (χ4v) is 2.06. The molecule has 0 bridgehead atoms. The summed E-state index contributed by atoms with van der Waals surface area (Å²) in [6, 6.07) is 3.71. The second-order valence-corrected chi connectivity index (χ2v) is 4.27. The van der Waals surface area contributed by atoms with Gasteiger partial charge in [-0.25, -0.2) is 0 Å². The molecule has 0 aliphatic heterocycles. The van der Waals surface area contributed by atoms with Crippen molar-refractivity contribution in [3.8, 4) is 5.75 Å². The second-order valence-electron chi connectivity index (χ2n) is 3.87. The maximum absolute atomic E-state index is 9.36. The highest BCUT2D eigenvalue weighted by Crippen LogP contribution is 2.30. The van der Waals surface area contributed by atoms with E-state index in [0.717, 1.165) is 17.7 Å². The van der Waals surface area contributed by atoms with Gasteiger partial charge in [0.1, 0.15) is 5.75 Å². The molecule has 0 saturated carbocycles. The molecule has 0 amide bonds. The van der Waals surface area contributed by atoms with Crippen LogP contribution in [0.2, 0.25) is 5.02 Å². The van der Waals surface area contributed by atoms with Gasteiger partial charge in [-0.2, -0.15) is 0 Å². The molecule has 0 aromatic heterocycles. The van der Waals surface area contributed by atoms with Gasteiger partial charge in [-0.1, -0.05) is 18.5 Å². The minimum absolute atomic E-state index is 0.0546. The highest BCUT2D eigenvalue weighted by Gasteiger charge is 2.14. The Morgan fingerprint density at radius 3 is 2.65 bits per heavy atom. The Bertz CT molecular complexity index is 369. The van der Waals surface area contributed by atoms with Crippen molar-refractivity contribution in [2.45, 2.75) is 26.8 Å². The lowest BCUT2D eigenvalue weighted by Crippen LogP contribution is -2.24. The molecule has 0 saturated heterocycles. The van der Waals surface area contributed by atoms with Crippen LogP contribution in [-0.2, 0) is 0 Å². The van der Waals surface area contributed by atoms with E-state index in [1.54, 1.807) is 0 Å². The highest BCUT2D eigenvalue weighted by molar-refractivity contribution is 6.32. The van der Waals surface area contributed by atoms with Crippen LogP contribution in [0.15, 0.2) is 12.1 Å². The molecule has 17 heavy (non-hydrogen) atoms. The molecule has 1 aromatic rings. The van der Waals surface area contributed by atoms with Crippen LogP contribution < -0.4 is 10.1 Å². The molecule has 4 heteroatoms. The monoisotopic (exact) mass is 257 g/mol. The normalized spacial score (nSPS) is 12.5. The van der Waals surface area contributed by atoms with Crippen molar-refractivity contribution in [3.63, 3.8) is 0 Å². The quantitative estimate of drug-likeness (QED) is 0.823. The number of aliphatic hydroxyl groups is 1. The van der Waals surface area contributed by atoms with Crippen molar-refractivity contribution in [2.75, 3.05) is 19.8 Å². The molecule has 0 radical (unpaired) electrons. The van der Waals surface area contributed by atoms with E-state index in [4.69, 9.17) is 16.3 Å². The topological polar surface area (TPSA) is 41.5 Å². The minimum atomic E-state index is -0.0758. The van der Waals surface area contributed by atoms with Gasteiger partial charge in [0.05, 0.1) is 24.3 Å². The number of nitrogens with one attached hydrogen (secondary N) is 1. The van der Waals surface area contributed by atoms with E-state index in [2.05, 4.69) is 5.32 Å². The zero-order valence-electron chi connectivity index (χ0n) is 10.6. The van der Waals surface area contributed by atoms with E-state index >= 15 is 0 Å². The zero-order chi connectivity index (χ0) is 12.8. The first kappa shape index (κ1) is 14.3. The number of rotatable bonds is 6. The molecule has 2 N–H and O–H groups in total. The van der Waals surface area contributed by atoms with E-state index in [9.17, 15) is 5.11 Å². The van der Waals surface area contributed by atoms with E-state index in [-0.39, 0.29) is 12.6 Å². The lowest BCUT2D eigenvalue weighted by Gasteiger charge is -2.19. The number of hydrogen-bond acceptors (Lipinski definition) is 3. The number of hydrogen-bond donors (Lipinski definition) is 2. The summed E-state index contributed by atoms with van der Waals surface area (Å²) in [6.45, 7) is 7.38. The van der Waals surface area contributed by atoms with Crippen LogP contribution in [0, 0.1) is 6.92 Å². The predicted molar refractivity (Wildman–Crippen MR) is 70.9 cm³/mol. The molecule has 1 rings (SSSR count). The maximum Gasteiger partial charge on any atom is 0.138 e. The van der Waals surface area contributed by atoms with Crippen LogP contribution >= 0.6 is 11.6 Å². The Labute approximate surface area is 108 Å². The lowest BCUT2D eigenvalue weighted by atomic mass is 10.0. The maximum atomic E-state index is 9.36. The average molecular weight is 258 g/mol. The van der Waals surface area contributed by atoms with Crippen LogP contribution in [0.3, 0.4) is 0 Å². The molecule has 1 atom stereocenters. The summed E-state index contributed by atoms with van der Waals surface area (Å²) in [5.41, 5.74) is 2.08. The Morgan fingerprint density at radius 2 is 2.12 bits per heavy atom. The summed E-state index contributed by atoms with van der Waals surface area (Å²) in [6.07, 6.45) is 0. The SMILES string of the molecule is CCNC(CO)c1cc(Cl)c(OCC)cc1C. The third-order valence-electron chi connectivity index (χ3n) is 2.63. The third kappa shape index (κ3) is 3.60. The number of aliphatic hydroxyl groups excluding tert-OH is 1. The van der Waals surface area contributed by atoms with Gasteiger partial charge in [0.15, 0.2) is 0 Å². The van der Waals surface area contributed by atoms with Crippen LogP contribution in [0.1, 0.15) is 31.0 Å². The van der Waals surface area contributed by atoms with Gasteiger partial charge >= 0.3 is 0 Å². The number of halogens is 1. The summed E-state index contributed by atoms with van der Waals surface area (Å²) < 4.78 is 5.43. The number of aryl methyl sites for hydroxylation is 1. The molecule has 0 fully saturated rings. The third-order valence-corrected chi connectivity index (χ3v) is 2.92. The Balaban J connectivity index is 3.04. The molecule has 0 heterocycles. The molecule has 96 valence electrons. The standard InChI is InChI=1S/C13H20ClNO2/c1-4-15-12(8-16)10-7-11(14)13(17-5-2)6-9(10)3/h6-7,12,15-16H,4-5,8H2,1-3H3. The lowest BCUT2D eigenvalue weighted by molar-refractivity contribution is 0.246. The van der Waals surface area contributed by atoms with E-state index < -0.39 is 0 Å². The predicted octanol–water partition coefficient (Wildman–Crippen LogP) is 2.69.